The summed E-state index contributed by atoms with van der Waals surface area (Å²) in [5, 5.41) is 10.6. The van der Waals surface area contributed by atoms with Crippen LogP contribution >= 0.6 is 11.3 Å². The van der Waals surface area contributed by atoms with Crippen molar-refractivity contribution in [2.45, 2.75) is 31.3 Å². The third-order valence-corrected chi connectivity index (χ3v) is 5.23. The van der Waals surface area contributed by atoms with Crippen molar-refractivity contribution in [1.82, 2.24) is 0 Å². The number of aryl methyl sites for hydroxylation is 2. The van der Waals surface area contributed by atoms with Crippen LogP contribution in [0.5, 0.6) is 0 Å². The van der Waals surface area contributed by atoms with E-state index in [-0.39, 0.29) is 5.92 Å². The summed E-state index contributed by atoms with van der Waals surface area (Å²) in [6, 6.07) is 12.3. The van der Waals surface area contributed by atoms with Crippen LogP contribution in [0.2, 0.25) is 0 Å². The second kappa shape index (κ2) is 5.45. The van der Waals surface area contributed by atoms with Gasteiger partial charge < -0.3 is 10.8 Å². The predicted octanol–water partition coefficient (Wildman–Crippen LogP) is 3.01. The van der Waals surface area contributed by atoms with Gasteiger partial charge in [-0.25, -0.2) is 0 Å². The number of hydrogen-bond acceptors (Lipinski definition) is 3. The van der Waals surface area contributed by atoms with Gasteiger partial charge in [-0.1, -0.05) is 30.3 Å². The molecule has 2 atom stereocenters. The average molecular weight is 273 g/mol. The van der Waals surface area contributed by atoms with Gasteiger partial charge in [0.15, 0.2) is 0 Å². The molecule has 0 aliphatic heterocycles. The Morgan fingerprint density at radius 2 is 2.00 bits per heavy atom. The van der Waals surface area contributed by atoms with Crippen molar-refractivity contribution in [1.29, 1.82) is 0 Å². The number of rotatable bonds is 4. The molecule has 0 fully saturated rings. The van der Waals surface area contributed by atoms with Crippen LogP contribution in [0.25, 0.3) is 0 Å². The molecule has 1 aromatic carbocycles. The Balaban J connectivity index is 1.86. The molecule has 0 amide bonds. The van der Waals surface area contributed by atoms with Gasteiger partial charge in [-0.2, -0.15) is 0 Å². The summed E-state index contributed by atoms with van der Waals surface area (Å²) in [6.07, 6.45) is 3.11. The maximum absolute atomic E-state index is 10.6. The molecule has 100 valence electrons. The molecule has 0 saturated heterocycles. The summed E-state index contributed by atoms with van der Waals surface area (Å²) >= 11 is 1.76. The quantitative estimate of drug-likeness (QED) is 0.899. The van der Waals surface area contributed by atoms with E-state index >= 15 is 0 Å². The predicted molar refractivity (Wildman–Crippen MR) is 79.5 cm³/mol. The Labute approximate surface area is 117 Å². The van der Waals surface area contributed by atoms with Gasteiger partial charge in [-0.05, 0) is 36.5 Å². The van der Waals surface area contributed by atoms with E-state index < -0.39 is 6.10 Å². The first-order chi connectivity index (χ1) is 9.29. The topological polar surface area (TPSA) is 46.2 Å². The van der Waals surface area contributed by atoms with Crippen LogP contribution in [0.15, 0.2) is 36.4 Å². The second-order valence-corrected chi connectivity index (χ2v) is 6.32. The minimum absolute atomic E-state index is 0.0139. The van der Waals surface area contributed by atoms with Gasteiger partial charge in [-0.3, -0.25) is 0 Å². The van der Waals surface area contributed by atoms with Crippen molar-refractivity contribution >= 4 is 11.3 Å². The molecule has 2 nitrogen and oxygen atoms in total. The molecule has 2 aromatic rings. The maximum atomic E-state index is 10.6. The lowest BCUT2D eigenvalue weighted by Gasteiger charge is -2.21. The molecule has 0 saturated carbocycles. The van der Waals surface area contributed by atoms with Gasteiger partial charge in [0, 0.05) is 22.2 Å². The zero-order valence-corrected chi connectivity index (χ0v) is 11.7. The lowest BCUT2D eigenvalue weighted by Crippen LogP contribution is -2.19. The molecule has 2 unspecified atom stereocenters. The molecule has 0 bridgehead atoms. The number of hydrogen-bond donors (Lipinski definition) is 2. The largest absolute Gasteiger partial charge is 0.387 e. The number of nitrogens with two attached hydrogens (primary N) is 1. The first-order valence-corrected chi connectivity index (χ1v) is 7.66. The molecule has 3 rings (SSSR count). The summed E-state index contributed by atoms with van der Waals surface area (Å²) in [5.41, 5.74) is 8.43. The van der Waals surface area contributed by atoms with Crippen LogP contribution in [-0.2, 0) is 12.8 Å². The fourth-order valence-corrected chi connectivity index (χ4v) is 4.15. The molecular weight excluding hydrogens is 254 g/mol. The standard InChI is InChI=1S/C16H19NOS/c17-10-13(11-5-2-1-3-6-11)16(18)15-9-12-7-4-8-14(12)19-15/h1-3,5-6,9,13,16,18H,4,7-8,10,17H2. The van der Waals surface area contributed by atoms with E-state index in [1.54, 1.807) is 11.3 Å². The highest BCUT2D eigenvalue weighted by molar-refractivity contribution is 7.12. The second-order valence-electron chi connectivity index (χ2n) is 5.15. The van der Waals surface area contributed by atoms with E-state index in [1.807, 2.05) is 30.3 Å². The van der Waals surface area contributed by atoms with Crippen molar-refractivity contribution in [3.63, 3.8) is 0 Å². The minimum Gasteiger partial charge on any atom is -0.387 e. The average Bonchev–Trinajstić information content (AvgIpc) is 3.01. The van der Waals surface area contributed by atoms with Crippen molar-refractivity contribution in [3.05, 3.63) is 57.3 Å². The zero-order valence-electron chi connectivity index (χ0n) is 10.9. The Bertz CT molecular complexity index is 528. The van der Waals surface area contributed by atoms with Gasteiger partial charge in [0.1, 0.15) is 0 Å². The van der Waals surface area contributed by atoms with E-state index in [1.165, 1.54) is 23.3 Å². The summed E-state index contributed by atoms with van der Waals surface area (Å²) in [7, 11) is 0. The van der Waals surface area contributed by atoms with Crippen molar-refractivity contribution in [3.8, 4) is 0 Å². The molecule has 3 heteroatoms. The van der Waals surface area contributed by atoms with Crippen LogP contribution in [0.3, 0.4) is 0 Å². The Morgan fingerprint density at radius 1 is 1.21 bits per heavy atom. The Morgan fingerprint density at radius 3 is 2.68 bits per heavy atom. The maximum Gasteiger partial charge on any atom is 0.0962 e. The molecule has 19 heavy (non-hydrogen) atoms. The third kappa shape index (κ3) is 2.46. The molecule has 0 radical (unpaired) electrons. The first kappa shape index (κ1) is 12.9. The summed E-state index contributed by atoms with van der Waals surface area (Å²) < 4.78 is 0. The van der Waals surface area contributed by atoms with Gasteiger partial charge >= 0.3 is 0 Å². The first-order valence-electron chi connectivity index (χ1n) is 6.84. The Hall–Kier alpha value is -1.16. The van der Waals surface area contributed by atoms with Crippen LogP contribution in [0.1, 0.15) is 39.3 Å². The smallest absolute Gasteiger partial charge is 0.0962 e. The van der Waals surface area contributed by atoms with Gasteiger partial charge in [0.05, 0.1) is 6.10 Å². The van der Waals surface area contributed by atoms with E-state index in [0.29, 0.717) is 6.54 Å². The SMILES string of the molecule is NCC(c1ccccc1)C(O)c1cc2c(s1)CCC2. The molecule has 1 heterocycles. The van der Waals surface area contributed by atoms with E-state index in [0.717, 1.165) is 16.9 Å². The van der Waals surface area contributed by atoms with Crippen LogP contribution in [0, 0.1) is 0 Å². The fourth-order valence-electron chi connectivity index (χ4n) is 2.84. The van der Waals surface area contributed by atoms with Crippen molar-refractivity contribution < 1.29 is 5.11 Å². The number of thiophene rings is 1. The molecule has 1 aromatic heterocycles. The van der Waals surface area contributed by atoms with E-state index in [4.69, 9.17) is 5.73 Å². The minimum atomic E-state index is -0.483. The highest BCUT2D eigenvalue weighted by Crippen LogP contribution is 2.38. The normalized spacial score (nSPS) is 17.2. The summed E-state index contributed by atoms with van der Waals surface area (Å²) in [5.74, 6) is -0.0139. The van der Waals surface area contributed by atoms with Gasteiger partial charge in [0.25, 0.3) is 0 Å². The Kier molecular flexibility index (Phi) is 3.69. The summed E-state index contributed by atoms with van der Waals surface area (Å²) in [6.45, 7) is 0.466. The van der Waals surface area contributed by atoms with Crippen LogP contribution in [-0.4, -0.2) is 11.7 Å². The molecule has 1 aliphatic carbocycles. The molecule has 0 spiro atoms. The number of aliphatic hydroxyl groups is 1. The van der Waals surface area contributed by atoms with Gasteiger partial charge in [-0.15, -0.1) is 11.3 Å². The monoisotopic (exact) mass is 273 g/mol. The highest BCUT2D eigenvalue weighted by Gasteiger charge is 2.25. The summed E-state index contributed by atoms with van der Waals surface area (Å²) in [4.78, 5) is 2.53. The fraction of sp³-hybridized carbons (Fsp3) is 0.375. The third-order valence-electron chi connectivity index (χ3n) is 3.92. The van der Waals surface area contributed by atoms with Crippen LogP contribution < -0.4 is 5.73 Å². The van der Waals surface area contributed by atoms with Crippen LogP contribution in [0.4, 0.5) is 0 Å². The lowest BCUT2D eigenvalue weighted by atomic mass is 9.92. The zero-order chi connectivity index (χ0) is 13.2. The molecule has 3 N–H and O–H groups in total. The van der Waals surface area contributed by atoms with Crippen molar-refractivity contribution in [2.24, 2.45) is 5.73 Å². The number of benzene rings is 1. The molecular formula is C16H19NOS. The number of fused-ring (bicyclic) bond motifs is 1. The highest BCUT2D eigenvalue weighted by atomic mass is 32.1. The lowest BCUT2D eigenvalue weighted by molar-refractivity contribution is 0.151. The number of aliphatic hydroxyl groups excluding tert-OH is 1. The van der Waals surface area contributed by atoms with Crippen molar-refractivity contribution in [2.75, 3.05) is 6.54 Å². The molecule has 1 aliphatic rings. The van der Waals surface area contributed by atoms with Gasteiger partial charge in [0.2, 0.25) is 0 Å². The van der Waals surface area contributed by atoms with E-state index in [2.05, 4.69) is 6.07 Å². The van der Waals surface area contributed by atoms with E-state index in [9.17, 15) is 5.11 Å².